The SMILES string of the molecule is CCCCN1C(=O)CCC(C(=O)OCc2cc(=O)oc3cc(OC)ccc23)C1c1ccccc1OC. The van der Waals surface area contributed by atoms with Crippen LogP contribution in [0.15, 0.2) is 57.7 Å². The maximum Gasteiger partial charge on any atom is 0.336 e. The summed E-state index contributed by atoms with van der Waals surface area (Å²) in [6.45, 7) is 2.52. The second-order valence-corrected chi connectivity index (χ2v) is 8.83. The highest BCUT2D eigenvalue weighted by Crippen LogP contribution is 2.41. The molecule has 0 aliphatic carbocycles. The van der Waals surface area contributed by atoms with Crippen LogP contribution in [0.5, 0.6) is 11.5 Å². The Bertz CT molecular complexity index is 1300. The third-order valence-electron chi connectivity index (χ3n) is 6.63. The number of fused-ring (bicyclic) bond motifs is 1. The van der Waals surface area contributed by atoms with Crippen LogP contribution in [0.3, 0.4) is 0 Å². The number of likely N-dealkylation sites (tertiary alicyclic amines) is 1. The number of ether oxygens (including phenoxy) is 3. The zero-order valence-electron chi connectivity index (χ0n) is 20.8. The van der Waals surface area contributed by atoms with Crippen molar-refractivity contribution in [3.8, 4) is 11.5 Å². The Kier molecular flexibility index (Phi) is 7.93. The molecule has 0 saturated carbocycles. The molecule has 1 amide bonds. The Morgan fingerprint density at radius 1 is 1.08 bits per heavy atom. The van der Waals surface area contributed by atoms with Gasteiger partial charge in [-0.05, 0) is 31.0 Å². The number of hydrogen-bond acceptors (Lipinski definition) is 7. The molecule has 2 unspecified atom stereocenters. The number of hydrogen-bond donors (Lipinski definition) is 0. The molecule has 2 heterocycles. The summed E-state index contributed by atoms with van der Waals surface area (Å²) < 4.78 is 21.9. The van der Waals surface area contributed by atoms with E-state index in [2.05, 4.69) is 6.92 Å². The number of para-hydroxylation sites is 1. The van der Waals surface area contributed by atoms with Crippen LogP contribution in [0.4, 0.5) is 0 Å². The third kappa shape index (κ3) is 5.22. The van der Waals surface area contributed by atoms with Crippen LogP contribution < -0.4 is 15.1 Å². The van der Waals surface area contributed by atoms with Gasteiger partial charge in [0, 0.05) is 41.6 Å². The van der Waals surface area contributed by atoms with Gasteiger partial charge in [0.2, 0.25) is 5.91 Å². The number of nitrogens with zero attached hydrogens (tertiary/aromatic N) is 1. The summed E-state index contributed by atoms with van der Waals surface area (Å²) in [7, 11) is 3.11. The Hall–Kier alpha value is -3.81. The van der Waals surface area contributed by atoms with Crippen molar-refractivity contribution in [3.63, 3.8) is 0 Å². The molecule has 0 bridgehead atoms. The molecule has 1 aromatic heterocycles. The highest BCUT2D eigenvalue weighted by molar-refractivity contribution is 5.84. The fourth-order valence-electron chi connectivity index (χ4n) is 4.80. The largest absolute Gasteiger partial charge is 0.497 e. The van der Waals surface area contributed by atoms with Crippen LogP contribution in [0, 0.1) is 5.92 Å². The van der Waals surface area contributed by atoms with Gasteiger partial charge in [0.05, 0.1) is 26.2 Å². The average Bonchev–Trinajstić information content (AvgIpc) is 2.90. The van der Waals surface area contributed by atoms with Gasteiger partial charge in [0.15, 0.2) is 0 Å². The first-order chi connectivity index (χ1) is 17.5. The molecule has 4 rings (SSSR count). The zero-order chi connectivity index (χ0) is 25.7. The summed E-state index contributed by atoms with van der Waals surface area (Å²) in [6, 6.07) is 13.4. The monoisotopic (exact) mass is 493 g/mol. The number of amides is 1. The number of benzene rings is 2. The van der Waals surface area contributed by atoms with Gasteiger partial charge < -0.3 is 23.5 Å². The maximum atomic E-state index is 13.5. The lowest BCUT2D eigenvalue weighted by molar-refractivity contribution is -0.158. The summed E-state index contributed by atoms with van der Waals surface area (Å²) in [5, 5.41) is 0.660. The fourth-order valence-corrected chi connectivity index (χ4v) is 4.80. The normalized spacial score (nSPS) is 17.8. The second kappa shape index (κ2) is 11.3. The molecule has 190 valence electrons. The first-order valence-corrected chi connectivity index (χ1v) is 12.2. The number of carbonyl (C=O) groups is 2. The minimum Gasteiger partial charge on any atom is -0.497 e. The predicted molar refractivity (Wildman–Crippen MR) is 134 cm³/mol. The summed E-state index contributed by atoms with van der Waals surface area (Å²) in [4.78, 5) is 40.3. The van der Waals surface area contributed by atoms with Crippen molar-refractivity contribution in [2.24, 2.45) is 5.92 Å². The Morgan fingerprint density at radius 3 is 2.64 bits per heavy atom. The number of unbranched alkanes of at least 4 members (excludes halogenated alkanes) is 1. The van der Waals surface area contributed by atoms with Crippen molar-refractivity contribution in [2.75, 3.05) is 20.8 Å². The van der Waals surface area contributed by atoms with E-state index >= 15 is 0 Å². The molecule has 0 spiro atoms. The number of esters is 1. The van der Waals surface area contributed by atoms with Gasteiger partial charge in [-0.2, -0.15) is 0 Å². The number of piperidine rings is 1. The van der Waals surface area contributed by atoms with Gasteiger partial charge in [0.25, 0.3) is 0 Å². The maximum absolute atomic E-state index is 13.5. The van der Waals surface area contributed by atoms with Crippen molar-refractivity contribution < 1.29 is 28.2 Å². The summed E-state index contributed by atoms with van der Waals surface area (Å²) in [5.41, 5.74) is 1.14. The summed E-state index contributed by atoms with van der Waals surface area (Å²) in [6.07, 6.45) is 2.39. The minimum atomic E-state index is -0.567. The number of carbonyl (C=O) groups excluding carboxylic acids is 2. The van der Waals surface area contributed by atoms with E-state index in [4.69, 9.17) is 18.6 Å². The molecule has 0 N–H and O–H groups in total. The van der Waals surface area contributed by atoms with Crippen LogP contribution in [0.2, 0.25) is 0 Å². The highest BCUT2D eigenvalue weighted by Gasteiger charge is 2.42. The quantitative estimate of drug-likeness (QED) is 0.317. The van der Waals surface area contributed by atoms with E-state index in [0.29, 0.717) is 41.0 Å². The minimum absolute atomic E-state index is 0.0176. The van der Waals surface area contributed by atoms with E-state index in [1.807, 2.05) is 24.3 Å². The first-order valence-electron chi connectivity index (χ1n) is 12.2. The van der Waals surface area contributed by atoms with E-state index in [9.17, 15) is 14.4 Å². The Morgan fingerprint density at radius 2 is 1.89 bits per heavy atom. The van der Waals surface area contributed by atoms with E-state index in [1.165, 1.54) is 13.2 Å². The third-order valence-corrected chi connectivity index (χ3v) is 6.63. The molecule has 36 heavy (non-hydrogen) atoms. The highest BCUT2D eigenvalue weighted by atomic mass is 16.5. The van der Waals surface area contributed by atoms with Crippen molar-refractivity contribution >= 4 is 22.8 Å². The van der Waals surface area contributed by atoms with E-state index in [-0.39, 0.29) is 18.9 Å². The van der Waals surface area contributed by atoms with Gasteiger partial charge in [-0.1, -0.05) is 31.5 Å². The van der Waals surface area contributed by atoms with Gasteiger partial charge in [-0.3, -0.25) is 9.59 Å². The zero-order valence-corrected chi connectivity index (χ0v) is 20.8. The predicted octanol–water partition coefficient (Wildman–Crippen LogP) is 4.63. The lowest BCUT2D eigenvalue weighted by Gasteiger charge is -2.41. The van der Waals surface area contributed by atoms with E-state index in [1.54, 1.807) is 30.2 Å². The lowest BCUT2D eigenvalue weighted by atomic mass is 9.83. The van der Waals surface area contributed by atoms with E-state index < -0.39 is 23.6 Å². The molecular weight excluding hydrogens is 462 g/mol. The van der Waals surface area contributed by atoms with Crippen LogP contribution in [-0.2, 0) is 20.9 Å². The molecule has 0 radical (unpaired) electrons. The van der Waals surface area contributed by atoms with Crippen molar-refractivity contribution in [2.45, 2.75) is 45.3 Å². The molecule has 1 fully saturated rings. The summed E-state index contributed by atoms with van der Waals surface area (Å²) in [5.74, 6) is 0.205. The first kappa shape index (κ1) is 25.3. The lowest BCUT2D eigenvalue weighted by Crippen LogP contribution is -2.46. The Labute approximate surface area is 209 Å². The number of methoxy groups -OCH3 is 2. The molecule has 8 heteroatoms. The standard InChI is InChI=1S/C28H31NO7/c1-4-5-14-29-25(30)13-12-22(27(29)21-8-6-7-9-23(21)34-3)28(32)35-17-18-15-26(31)36-24-16-19(33-2)10-11-20(18)24/h6-11,15-16,22,27H,4-5,12-14,17H2,1-3H3. The van der Waals surface area contributed by atoms with Gasteiger partial charge in [-0.25, -0.2) is 4.79 Å². The van der Waals surface area contributed by atoms with Crippen molar-refractivity contribution in [3.05, 3.63) is 70.1 Å². The topological polar surface area (TPSA) is 95.3 Å². The van der Waals surface area contributed by atoms with Gasteiger partial charge in [0.1, 0.15) is 23.7 Å². The van der Waals surface area contributed by atoms with Crippen LogP contribution in [0.1, 0.15) is 49.8 Å². The van der Waals surface area contributed by atoms with E-state index in [0.717, 1.165) is 18.4 Å². The smallest absolute Gasteiger partial charge is 0.336 e. The molecule has 1 aliphatic heterocycles. The molecule has 8 nitrogen and oxygen atoms in total. The molecule has 1 saturated heterocycles. The van der Waals surface area contributed by atoms with Crippen LogP contribution >= 0.6 is 0 Å². The molecule has 2 aromatic carbocycles. The molecular formula is C28H31NO7. The number of rotatable bonds is 9. The molecule has 2 atom stereocenters. The van der Waals surface area contributed by atoms with Crippen LogP contribution in [-0.4, -0.2) is 37.5 Å². The Balaban J connectivity index is 1.63. The average molecular weight is 494 g/mol. The molecule has 3 aromatic rings. The van der Waals surface area contributed by atoms with Crippen LogP contribution in [0.25, 0.3) is 11.0 Å². The second-order valence-electron chi connectivity index (χ2n) is 8.83. The molecule has 1 aliphatic rings. The van der Waals surface area contributed by atoms with Gasteiger partial charge >= 0.3 is 11.6 Å². The fraction of sp³-hybridized carbons (Fsp3) is 0.393. The summed E-state index contributed by atoms with van der Waals surface area (Å²) >= 11 is 0. The van der Waals surface area contributed by atoms with Crippen molar-refractivity contribution in [1.82, 2.24) is 4.90 Å². The van der Waals surface area contributed by atoms with Gasteiger partial charge in [-0.15, -0.1) is 0 Å². The van der Waals surface area contributed by atoms with Crippen molar-refractivity contribution in [1.29, 1.82) is 0 Å².